The van der Waals surface area contributed by atoms with Crippen LogP contribution in [-0.2, 0) is 9.53 Å². The van der Waals surface area contributed by atoms with E-state index in [9.17, 15) is 14.0 Å². The maximum Gasteiger partial charge on any atom is 0.407 e. The number of ether oxygens (including phenoxy) is 1. The van der Waals surface area contributed by atoms with E-state index in [1.165, 1.54) is 18.2 Å². The highest BCUT2D eigenvalue weighted by atomic mass is 35.5. The second kappa shape index (κ2) is 8.04. The Kier molecular flexibility index (Phi) is 6.27. The number of hydrogen-bond donors (Lipinski definition) is 2. The fourth-order valence-corrected chi connectivity index (χ4v) is 3.01. The molecular formula is C18H24ClFN2O3. The maximum absolute atomic E-state index is 13.0. The summed E-state index contributed by atoms with van der Waals surface area (Å²) >= 11 is 5.93. The van der Waals surface area contributed by atoms with E-state index in [2.05, 4.69) is 10.6 Å². The van der Waals surface area contributed by atoms with Crippen LogP contribution in [0.25, 0.3) is 0 Å². The van der Waals surface area contributed by atoms with Gasteiger partial charge in [0, 0.05) is 12.0 Å². The molecule has 0 bridgehead atoms. The first kappa shape index (κ1) is 19.5. The summed E-state index contributed by atoms with van der Waals surface area (Å²) < 4.78 is 18.3. The zero-order chi connectivity index (χ0) is 18.6. The van der Waals surface area contributed by atoms with E-state index in [1.54, 1.807) is 0 Å². The van der Waals surface area contributed by atoms with Gasteiger partial charge in [0.2, 0.25) is 5.91 Å². The molecule has 0 aromatic heterocycles. The predicted molar refractivity (Wildman–Crippen MR) is 95.2 cm³/mol. The van der Waals surface area contributed by atoms with Gasteiger partial charge in [0.15, 0.2) is 0 Å². The van der Waals surface area contributed by atoms with E-state index >= 15 is 0 Å². The molecule has 1 aromatic rings. The zero-order valence-corrected chi connectivity index (χ0v) is 15.5. The summed E-state index contributed by atoms with van der Waals surface area (Å²) in [5.74, 6) is -0.737. The molecule has 0 saturated heterocycles. The molecule has 2 amide bonds. The number of carbonyl (C=O) groups is 2. The molecule has 0 aliphatic heterocycles. The molecule has 0 radical (unpaired) electrons. The van der Waals surface area contributed by atoms with Crippen molar-refractivity contribution in [3.63, 3.8) is 0 Å². The van der Waals surface area contributed by atoms with Crippen molar-refractivity contribution in [1.29, 1.82) is 0 Å². The van der Waals surface area contributed by atoms with Crippen molar-refractivity contribution in [3.8, 4) is 0 Å². The number of anilines is 1. The van der Waals surface area contributed by atoms with Crippen molar-refractivity contribution in [2.45, 2.75) is 58.1 Å². The van der Waals surface area contributed by atoms with Gasteiger partial charge in [-0.15, -0.1) is 0 Å². The molecule has 0 heterocycles. The van der Waals surface area contributed by atoms with Gasteiger partial charge in [-0.1, -0.05) is 11.6 Å². The minimum atomic E-state index is -0.532. The first-order valence-electron chi connectivity index (χ1n) is 8.39. The summed E-state index contributed by atoms with van der Waals surface area (Å²) in [6, 6.07) is 3.88. The van der Waals surface area contributed by atoms with Crippen molar-refractivity contribution < 1.29 is 18.7 Å². The Hall–Kier alpha value is -1.82. The van der Waals surface area contributed by atoms with Gasteiger partial charge in [-0.3, -0.25) is 4.79 Å². The van der Waals surface area contributed by atoms with Gasteiger partial charge in [-0.05, 0) is 64.7 Å². The van der Waals surface area contributed by atoms with Crippen molar-refractivity contribution in [2.24, 2.45) is 5.92 Å². The molecule has 1 aromatic carbocycles. The largest absolute Gasteiger partial charge is 0.444 e. The van der Waals surface area contributed by atoms with Gasteiger partial charge in [0.1, 0.15) is 11.4 Å². The monoisotopic (exact) mass is 370 g/mol. The third kappa shape index (κ3) is 6.20. The number of halogens is 2. The number of amides is 2. The average Bonchev–Trinajstić information content (AvgIpc) is 2.48. The Labute approximate surface area is 152 Å². The van der Waals surface area contributed by atoms with Crippen LogP contribution in [0.2, 0.25) is 5.02 Å². The van der Waals surface area contributed by atoms with Gasteiger partial charge < -0.3 is 15.4 Å². The molecule has 7 heteroatoms. The molecule has 2 N–H and O–H groups in total. The molecular weight excluding hydrogens is 347 g/mol. The summed E-state index contributed by atoms with van der Waals surface area (Å²) in [4.78, 5) is 24.1. The third-order valence-corrected chi connectivity index (χ3v) is 4.32. The highest BCUT2D eigenvalue weighted by Crippen LogP contribution is 2.28. The van der Waals surface area contributed by atoms with Gasteiger partial charge in [-0.25, -0.2) is 9.18 Å². The summed E-state index contributed by atoms with van der Waals surface area (Å²) in [6.45, 7) is 5.44. The van der Waals surface area contributed by atoms with Crippen LogP contribution in [0.3, 0.4) is 0 Å². The van der Waals surface area contributed by atoms with E-state index < -0.39 is 17.5 Å². The van der Waals surface area contributed by atoms with E-state index in [4.69, 9.17) is 16.3 Å². The minimum absolute atomic E-state index is 0.00769. The predicted octanol–water partition coefficient (Wildman–Crippen LogP) is 4.50. The lowest BCUT2D eigenvalue weighted by Crippen LogP contribution is -2.42. The SMILES string of the molecule is CC(C)(C)OC(=O)N[C@H]1CC[C@H](C(=O)Nc2ccc(F)cc2Cl)CC1. The zero-order valence-electron chi connectivity index (χ0n) is 14.7. The highest BCUT2D eigenvalue weighted by molar-refractivity contribution is 6.33. The summed E-state index contributed by atoms with van der Waals surface area (Å²) in [5, 5.41) is 5.76. The fraction of sp³-hybridized carbons (Fsp3) is 0.556. The van der Waals surface area contributed by atoms with Crippen LogP contribution in [0.15, 0.2) is 18.2 Å². The van der Waals surface area contributed by atoms with Gasteiger partial charge in [0.25, 0.3) is 0 Å². The Bertz CT molecular complexity index is 638. The quantitative estimate of drug-likeness (QED) is 0.823. The van der Waals surface area contributed by atoms with E-state index in [1.807, 2.05) is 20.8 Å². The Morgan fingerprint density at radius 2 is 1.84 bits per heavy atom. The van der Waals surface area contributed by atoms with Crippen molar-refractivity contribution >= 4 is 29.3 Å². The van der Waals surface area contributed by atoms with Gasteiger partial charge >= 0.3 is 6.09 Å². The molecule has 1 saturated carbocycles. The molecule has 1 fully saturated rings. The number of benzene rings is 1. The summed E-state index contributed by atoms with van der Waals surface area (Å²) in [6.07, 6.45) is 2.29. The number of nitrogens with one attached hydrogen (secondary N) is 2. The normalized spacial score (nSPS) is 20.7. The molecule has 1 aliphatic carbocycles. The molecule has 0 atom stereocenters. The second-order valence-electron chi connectivity index (χ2n) is 7.31. The molecule has 0 unspecified atom stereocenters. The summed E-state index contributed by atoms with van der Waals surface area (Å²) in [7, 11) is 0. The number of hydrogen-bond acceptors (Lipinski definition) is 3. The van der Waals surface area contributed by atoms with Crippen LogP contribution in [0.5, 0.6) is 0 Å². The highest BCUT2D eigenvalue weighted by Gasteiger charge is 2.28. The molecule has 2 rings (SSSR count). The van der Waals surface area contributed by atoms with Crippen LogP contribution in [0.1, 0.15) is 46.5 Å². The Morgan fingerprint density at radius 3 is 2.40 bits per heavy atom. The molecule has 1 aliphatic rings. The molecule has 0 spiro atoms. The standard InChI is InChI=1S/C18H24ClFN2O3/c1-18(2,3)25-17(24)21-13-7-4-11(5-8-13)16(23)22-15-9-6-12(20)10-14(15)19/h6,9-11,13H,4-5,7-8H2,1-3H3,(H,21,24)(H,22,23)/t11-,13-. The van der Waals surface area contributed by atoms with E-state index in [0.717, 1.165) is 0 Å². The third-order valence-electron chi connectivity index (χ3n) is 4.01. The van der Waals surface area contributed by atoms with Gasteiger partial charge in [0.05, 0.1) is 10.7 Å². The number of carbonyl (C=O) groups excluding carboxylic acids is 2. The first-order valence-corrected chi connectivity index (χ1v) is 8.77. The maximum atomic E-state index is 13.0. The van der Waals surface area contributed by atoms with Crippen LogP contribution in [-0.4, -0.2) is 23.6 Å². The summed E-state index contributed by atoms with van der Waals surface area (Å²) in [5.41, 5.74) is -0.127. The molecule has 25 heavy (non-hydrogen) atoms. The van der Waals surface area contributed by atoms with Crippen LogP contribution in [0, 0.1) is 11.7 Å². The lowest BCUT2D eigenvalue weighted by Gasteiger charge is -2.29. The first-order chi connectivity index (χ1) is 11.6. The fourth-order valence-electron chi connectivity index (χ4n) is 2.80. The van der Waals surface area contributed by atoms with Crippen LogP contribution < -0.4 is 10.6 Å². The van der Waals surface area contributed by atoms with Crippen molar-refractivity contribution in [2.75, 3.05) is 5.32 Å². The topological polar surface area (TPSA) is 67.4 Å². The average molecular weight is 371 g/mol. The van der Waals surface area contributed by atoms with Crippen molar-refractivity contribution in [3.05, 3.63) is 29.0 Å². The van der Waals surface area contributed by atoms with E-state index in [-0.39, 0.29) is 22.9 Å². The van der Waals surface area contributed by atoms with Crippen LogP contribution >= 0.6 is 11.6 Å². The lowest BCUT2D eigenvalue weighted by atomic mass is 9.85. The Balaban J connectivity index is 1.81. The van der Waals surface area contributed by atoms with E-state index in [0.29, 0.717) is 31.4 Å². The number of rotatable bonds is 3. The molecule has 5 nitrogen and oxygen atoms in total. The van der Waals surface area contributed by atoms with Gasteiger partial charge in [-0.2, -0.15) is 0 Å². The Morgan fingerprint density at radius 1 is 1.20 bits per heavy atom. The minimum Gasteiger partial charge on any atom is -0.444 e. The number of alkyl carbamates (subject to hydrolysis) is 1. The van der Waals surface area contributed by atoms with Crippen molar-refractivity contribution in [1.82, 2.24) is 5.32 Å². The lowest BCUT2D eigenvalue weighted by molar-refractivity contribution is -0.120. The molecule has 138 valence electrons. The smallest absolute Gasteiger partial charge is 0.407 e. The van der Waals surface area contributed by atoms with Crippen LogP contribution in [0.4, 0.5) is 14.9 Å². The second-order valence-corrected chi connectivity index (χ2v) is 7.72.